The molecule has 1 saturated heterocycles. The molecule has 1 fully saturated rings. The molecule has 6 nitrogen and oxygen atoms in total. The van der Waals surface area contributed by atoms with Gasteiger partial charge in [0, 0.05) is 18.5 Å². The lowest BCUT2D eigenvalue weighted by atomic mass is 9.96. The highest BCUT2D eigenvalue weighted by atomic mass is 32.1. The third kappa shape index (κ3) is 3.82. The van der Waals surface area contributed by atoms with Gasteiger partial charge in [-0.2, -0.15) is 0 Å². The van der Waals surface area contributed by atoms with Gasteiger partial charge in [0.15, 0.2) is 0 Å². The molecule has 132 valence electrons. The summed E-state index contributed by atoms with van der Waals surface area (Å²) < 4.78 is 10.2. The SMILES string of the molecule is COC(=O)c1ccc(OC)c(CC2CCN(C(=O)c3cscn3)C2)c1. The van der Waals surface area contributed by atoms with Crippen LogP contribution in [0.4, 0.5) is 0 Å². The first-order chi connectivity index (χ1) is 12.1. The van der Waals surface area contributed by atoms with Crippen LogP contribution in [-0.4, -0.2) is 49.1 Å². The van der Waals surface area contributed by atoms with Crippen LogP contribution in [0.2, 0.25) is 0 Å². The summed E-state index contributed by atoms with van der Waals surface area (Å²) in [5.74, 6) is 0.691. The highest BCUT2D eigenvalue weighted by molar-refractivity contribution is 7.07. The minimum Gasteiger partial charge on any atom is -0.496 e. The largest absolute Gasteiger partial charge is 0.496 e. The number of aromatic nitrogens is 1. The number of likely N-dealkylation sites (tertiary alicyclic amines) is 1. The number of thiazole rings is 1. The van der Waals surface area contributed by atoms with E-state index >= 15 is 0 Å². The van der Waals surface area contributed by atoms with Gasteiger partial charge in [-0.15, -0.1) is 11.3 Å². The van der Waals surface area contributed by atoms with Gasteiger partial charge in [0.2, 0.25) is 0 Å². The van der Waals surface area contributed by atoms with Gasteiger partial charge in [-0.05, 0) is 42.5 Å². The first-order valence-corrected chi connectivity index (χ1v) is 8.99. The lowest BCUT2D eigenvalue weighted by Gasteiger charge is -2.16. The smallest absolute Gasteiger partial charge is 0.337 e. The zero-order valence-corrected chi connectivity index (χ0v) is 15.0. The van der Waals surface area contributed by atoms with Crippen LogP contribution in [0.3, 0.4) is 0 Å². The summed E-state index contributed by atoms with van der Waals surface area (Å²) in [5.41, 5.74) is 3.64. The molecule has 0 aliphatic carbocycles. The topological polar surface area (TPSA) is 68.7 Å². The van der Waals surface area contributed by atoms with Gasteiger partial charge in [0.25, 0.3) is 5.91 Å². The Hall–Kier alpha value is -2.41. The monoisotopic (exact) mass is 360 g/mol. The minimum absolute atomic E-state index is 0.0148. The average molecular weight is 360 g/mol. The van der Waals surface area contributed by atoms with Crippen LogP contribution in [-0.2, 0) is 11.2 Å². The number of nitrogens with zero attached hydrogens (tertiary/aromatic N) is 2. The van der Waals surface area contributed by atoms with E-state index in [1.165, 1.54) is 18.4 Å². The second kappa shape index (κ2) is 7.65. The van der Waals surface area contributed by atoms with E-state index < -0.39 is 0 Å². The predicted molar refractivity (Wildman–Crippen MR) is 94.2 cm³/mol. The summed E-state index contributed by atoms with van der Waals surface area (Å²) in [7, 11) is 2.98. The second-order valence-electron chi connectivity index (χ2n) is 6.00. The van der Waals surface area contributed by atoms with Crippen LogP contribution in [0.1, 0.15) is 32.8 Å². The molecule has 0 saturated carbocycles. The lowest BCUT2D eigenvalue weighted by molar-refractivity contribution is 0.0600. The zero-order chi connectivity index (χ0) is 17.8. The fraction of sp³-hybridized carbons (Fsp3) is 0.389. The molecule has 0 radical (unpaired) electrons. The van der Waals surface area contributed by atoms with Crippen molar-refractivity contribution < 1.29 is 19.1 Å². The standard InChI is InChI=1S/C18H20N2O4S/c1-23-16-4-3-13(18(22)24-2)8-14(16)7-12-5-6-20(9-12)17(21)15-10-25-11-19-15/h3-4,8,10-12H,5-7,9H2,1-2H3. The minimum atomic E-state index is -0.365. The maximum atomic E-state index is 12.4. The third-order valence-electron chi connectivity index (χ3n) is 4.43. The summed E-state index contributed by atoms with van der Waals surface area (Å²) in [5, 5.41) is 1.78. The highest BCUT2D eigenvalue weighted by Gasteiger charge is 2.28. The highest BCUT2D eigenvalue weighted by Crippen LogP contribution is 2.28. The van der Waals surface area contributed by atoms with Crippen molar-refractivity contribution in [3.05, 3.63) is 45.9 Å². The van der Waals surface area contributed by atoms with Crippen molar-refractivity contribution in [3.63, 3.8) is 0 Å². The van der Waals surface area contributed by atoms with Crippen molar-refractivity contribution in [2.75, 3.05) is 27.3 Å². The van der Waals surface area contributed by atoms with Gasteiger partial charge in [-0.25, -0.2) is 9.78 Å². The number of carbonyl (C=O) groups excluding carboxylic acids is 2. The number of hydrogen-bond donors (Lipinski definition) is 0. The Morgan fingerprint density at radius 3 is 2.88 bits per heavy atom. The molecule has 1 aromatic heterocycles. The molecule has 2 heterocycles. The van der Waals surface area contributed by atoms with Crippen LogP contribution in [0.15, 0.2) is 29.1 Å². The third-order valence-corrected chi connectivity index (χ3v) is 5.02. The fourth-order valence-electron chi connectivity index (χ4n) is 3.16. The van der Waals surface area contributed by atoms with Crippen LogP contribution < -0.4 is 4.74 Å². The van der Waals surface area contributed by atoms with Crippen molar-refractivity contribution in [1.82, 2.24) is 9.88 Å². The maximum Gasteiger partial charge on any atom is 0.337 e. The Labute approximate surface area is 150 Å². The summed E-state index contributed by atoms with van der Waals surface area (Å²) >= 11 is 1.42. The molecule has 1 aromatic carbocycles. The molecule has 0 spiro atoms. The molecule has 2 aromatic rings. The van der Waals surface area contributed by atoms with Gasteiger partial charge in [-0.1, -0.05) is 0 Å². The Balaban J connectivity index is 1.70. The molecule has 25 heavy (non-hydrogen) atoms. The van der Waals surface area contributed by atoms with Crippen molar-refractivity contribution in [2.45, 2.75) is 12.8 Å². The lowest BCUT2D eigenvalue weighted by Crippen LogP contribution is -2.29. The van der Waals surface area contributed by atoms with E-state index in [4.69, 9.17) is 9.47 Å². The van der Waals surface area contributed by atoms with E-state index in [-0.39, 0.29) is 11.9 Å². The first-order valence-electron chi connectivity index (χ1n) is 8.05. The van der Waals surface area contributed by atoms with Gasteiger partial charge in [0.05, 0.1) is 25.3 Å². The Morgan fingerprint density at radius 1 is 1.36 bits per heavy atom. The van der Waals surface area contributed by atoms with E-state index in [0.29, 0.717) is 23.7 Å². The molecule has 1 aliphatic heterocycles. The normalized spacial score (nSPS) is 16.7. The second-order valence-corrected chi connectivity index (χ2v) is 6.72. The number of rotatable bonds is 5. The van der Waals surface area contributed by atoms with Crippen molar-refractivity contribution in [3.8, 4) is 5.75 Å². The molecule has 3 rings (SSSR count). The summed E-state index contributed by atoms with van der Waals surface area (Å²) in [6, 6.07) is 5.30. The number of ether oxygens (including phenoxy) is 2. The predicted octanol–water partition coefficient (Wildman–Crippen LogP) is 2.64. The summed E-state index contributed by atoms with van der Waals surface area (Å²) in [4.78, 5) is 30.1. The molecule has 1 unspecified atom stereocenters. The zero-order valence-electron chi connectivity index (χ0n) is 14.2. The van der Waals surface area contributed by atoms with Gasteiger partial charge in [0.1, 0.15) is 11.4 Å². The van der Waals surface area contributed by atoms with Gasteiger partial charge >= 0.3 is 5.97 Å². The molecule has 0 bridgehead atoms. The molecular formula is C18H20N2O4S. The number of carbonyl (C=O) groups is 2. The van der Waals surface area contributed by atoms with Crippen LogP contribution in [0.25, 0.3) is 0 Å². The molecule has 1 aliphatic rings. The number of esters is 1. The van der Waals surface area contributed by atoms with E-state index in [2.05, 4.69) is 4.98 Å². The summed E-state index contributed by atoms with van der Waals surface area (Å²) in [6.45, 7) is 1.40. The average Bonchev–Trinajstić information content (AvgIpc) is 3.32. The van der Waals surface area contributed by atoms with E-state index in [1.54, 1.807) is 30.1 Å². The molecule has 0 N–H and O–H groups in total. The number of amides is 1. The molecule has 1 amide bonds. The Bertz CT molecular complexity index is 760. The van der Waals surface area contributed by atoms with Crippen LogP contribution >= 0.6 is 11.3 Å². The van der Waals surface area contributed by atoms with Gasteiger partial charge < -0.3 is 14.4 Å². The number of hydrogen-bond acceptors (Lipinski definition) is 6. The maximum absolute atomic E-state index is 12.4. The van der Waals surface area contributed by atoms with E-state index in [9.17, 15) is 9.59 Å². The van der Waals surface area contributed by atoms with Crippen molar-refractivity contribution in [2.24, 2.45) is 5.92 Å². The molecule has 7 heteroatoms. The van der Waals surface area contributed by atoms with Crippen LogP contribution in [0.5, 0.6) is 5.75 Å². The van der Waals surface area contributed by atoms with Crippen molar-refractivity contribution >= 4 is 23.2 Å². The molecule has 1 atom stereocenters. The number of methoxy groups -OCH3 is 2. The van der Waals surface area contributed by atoms with Crippen LogP contribution in [0, 0.1) is 5.92 Å². The first kappa shape index (κ1) is 17.4. The Kier molecular flexibility index (Phi) is 5.33. The fourth-order valence-corrected chi connectivity index (χ4v) is 3.68. The summed E-state index contributed by atoms with van der Waals surface area (Å²) in [6.07, 6.45) is 1.66. The van der Waals surface area contributed by atoms with Crippen molar-refractivity contribution in [1.29, 1.82) is 0 Å². The van der Waals surface area contributed by atoms with E-state index in [1.807, 2.05) is 11.0 Å². The van der Waals surface area contributed by atoms with E-state index in [0.717, 1.165) is 30.7 Å². The van der Waals surface area contributed by atoms with Gasteiger partial charge in [-0.3, -0.25) is 4.79 Å². The number of benzene rings is 1. The quantitative estimate of drug-likeness (QED) is 0.767. The molecular weight excluding hydrogens is 340 g/mol. The Morgan fingerprint density at radius 2 is 2.20 bits per heavy atom.